The largest absolute Gasteiger partial charge is 0.479 e. The molecule has 3 rings (SSSR count). The van der Waals surface area contributed by atoms with Gasteiger partial charge in [-0.3, -0.25) is 10.1 Å². The molecule has 1 aromatic heterocycles. The van der Waals surface area contributed by atoms with E-state index in [0.29, 0.717) is 16.9 Å². The van der Waals surface area contributed by atoms with Gasteiger partial charge < -0.3 is 13.9 Å². The van der Waals surface area contributed by atoms with Crippen molar-refractivity contribution in [3.63, 3.8) is 0 Å². The van der Waals surface area contributed by atoms with Crippen LogP contribution in [0.4, 0.5) is 5.69 Å². The summed E-state index contributed by atoms with van der Waals surface area (Å²) in [6.45, 7) is 3.10. The molecule has 0 amide bonds. The van der Waals surface area contributed by atoms with E-state index in [9.17, 15) is 14.9 Å². The van der Waals surface area contributed by atoms with E-state index in [1.54, 1.807) is 31.2 Å². The first kappa shape index (κ1) is 20.5. The van der Waals surface area contributed by atoms with Crippen LogP contribution in [0.15, 0.2) is 52.9 Å². The van der Waals surface area contributed by atoms with Crippen molar-refractivity contribution in [3.8, 4) is 23.3 Å². The Morgan fingerprint density at radius 1 is 1.13 bits per heavy atom. The van der Waals surface area contributed by atoms with Crippen LogP contribution in [-0.4, -0.2) is 27.2 Å². The van der Waals surface area contributed by atoms with Crippen LogP contribution in [0.1, 0.15) is 31.4 Å². The lowest BCUT2D eigenvalue weighted by Gasteiger charge is -2.16. The molecule has 0 bridgehead atoms. The van der Waals surface area contributed by atoms with Gasteiger partial charge in [0.1, 0.15) is 5.75 Å². The number of nitro groups is 1. The quantitative estimate of drug-likeness (QED) is 0.325. The van der Waals surface area contributed by atoms with Crippen molar-refractivity contribution in [3.05, 3.63) is 70.1 Å². The normalized spacial score (nSPS) is 12.4. The molecule has 0 unspecified atom stereocenters. The summed E-state index contributed by atoms with van der Waals surface area (Å²) in [5.41, 5.74) is 0.916. The van der Waals surface area contributed by atoms with E-state index in [-0.39, 0.29) is 17.5 Å². The number of ether oxygens (including phenoxy) is 2. The number of nitrogens with zero attached hydrogens (tertiary/aromatic N) is 4. The number of non-ortho nitro benzene ring substituents is 1. The highest BCUT2D eigenvalue weighted by Gasteiger charge is 2.24. The zero-order chi connectivity index (χ0) is 21.7. The average molecular weight is 408 g/mol. The third kappa shape index (κ3) is 4.77. The molecular formula is C20H16N4O6. The molecule has 152 valence electrons. The van der Waals surface area contributed by atoms with Gasteiger partial charge in [0.05, 0.1) is 16.6 Å². The lowest BCUT2D eigenvalue weighted by molar-refractivity contribution is -0.384. The number of nitriles is 1. The summed E-state index contributed by atoms with van der Waals surface area (Å²) in [6, 6.07) is 13.9. The maximum absolute atomic E-state index is 12.3. The van der Waals surface area contributed by atoms with Gasteiger partial charge in [0, 0.05) is 17.7 Å². The van der Waals surface area contributed by atoms with Crippen LogP contribution in [0.25, 0.3) is 11.5 Å². The smallest absolute Gasteiger partial charge is 0.347 e. The number of benzene rings is 2. The molecule has 0 radical (unpaired) electrons. The van der Waals surface area contributed by atoms with E-state index >= 15 is 0 Å². The number of aromatic nitrogens is 2. The predicted molar refractivity (Wildman–Crippen MR) is 102 cm³/mol. The SMILES string of the molecule is C[C@H](Oc1ccc(C#N)cc1)C(=O)O[C@@H](C)c1nnc(-c2ccc([N+](=O)[O-])cc2)o1. The number of nitro benzene ring substituents is 1. The van der Waals surface area contributed by atoms with Crippen molar-refractivity contribution >= 4 is 11.7 Å². The number of esters is 1. The fraction of sp³-hybridized carbons (Fsp3) is 0.200. The molecule has 10 nitrogen and oxygen atoms in total. The van der Waals surface area contributed by atoms with Crippen molar-refractivity contribution in [1.82, 2.24) is 10.2 Å². The number of hydrogen-bond acceptors (Lipinski definition) is 9. The van der Waals surface area contributed by atoms with E-state index in [2.05, 4.69) is 10.2 Å². The van der Waals surface area contributed by atoms with Crippen LogP contribution in [0.3, 0.4) is 0 Å². The molecule has 0 aliphatic rings. The van der Waals surface area contributed by atoms with Gasteiger partial charge in [-0.15, -0.1) is 10.2 Å². The molecule has 0 aliphatic carbocycles. The monoisotopic (exact) mass is 408 g/mol. The Bertz CT molecular complexity index is 1090. The number of carbonyl (C=O) groups is 1. The fourth-order valence-corrected chi connectivity index (χ4v) is 2.42. The predicted octanol–water partition coefficient (Wildman–Crippen LogP) is 3.59. The molecule has 2 aromatic carbocycles. The standard InChI is InChI=1S/C20H16N4O6/c1-12(29-20(25)13(2)28-17-9-3-14(11-21)4-10-17)18-22-23-19(30-18)15-5-7-16(8-6-15)24(26)27/h3-10,12-13H,1-2H3/t12-,13-/m0/s1. The Kier molecular flexibility index (Phi) is 6.03. The average Bonchev–Trinajstić information content (AvgIpc) is 3.24. The third-order valence-corrected chi connectivity index (χ3v) is 4.03. The highest BCUT2D eigenvalue weighted by molar-refractivity contribution is 5.74. The molecule has 0 spiro atoms. The molecule has 30 heavy (non-hydrogen) atoms. The Hall–Kier alpha value is -4.26. The maximum Gasteiger partial charge on any atom is 0.347 e. The minimum absolute atomic E-state index is 0.0583. The van der Waals surface area contributed by atoms with Crippen molar-refractivity contribution in [1.29, 1.82) is 5.26 Å². The Morgan fingerprint density at radius 2 is 1.80 bits per heavy atom. The van der Waals surface area contributed by atoms with Crippen LogP contribution in [0.2, 0.25) is 0 Å². The molecule has 0 aliphatic heterocycles. The summed E-state index contributed by atoms with van der Waals surface area (Å²) in [5, 5.41) is 27.3. The van der Waals surface area contributed by atoms with Crippen molar-refractivity contribution in [2.75, 3.05) is 0 Å². The highest BCUT2D eigenvalue weighted by Crippen LogP contribution is 2.24. The van der Waals surface area contributed by atoms with Gasteiger partial charge in [-0.25, -0.2) is 4.79 Å². The summed E-state index contributed by atoms with van der Waals surface area (Å²) in [6.07, 6.45) is -1.73. The molecule has 0 saturated carbocycles. The lowest BCUT2D eigenvalue weighted by atomic mass is 10.2. The summed E-state index contributed by atoms with van der Waals surface area (Å²) < 4.78 is 16.3. The van der Waals surface area contributed by atoms with Crippen LogP contribution in [0, 0.1) is 21.4 Å². The van der Waals surface area contributed by atoms with Gasteiger partial charge in [-0.05, 0) is 50.2 Å². The molecule has 2 atom stereocenters. The van der Waals surface area contributed by atoms with E-state index in [1.807, 2.05) is 6.07 Å². The molecule has 0 saturated heterocycles. The van der Waals surface area contributed by atoms with Crippen LogP contribution < -0.4 is 4.74 Å². The van der Waals surface area contributed by atoms with E-state index < -0.39 is 23.1 Å². The minimum Gasteiger partial charge on any atom is -0.479 e. The second-order valence-corrected chi connectivity index (χ2v) is 6.22. The van der Waals surface area contributed by atoms with E-state index in [1.165, 1.54) is 31.2 Å². The summed E-state index contributed by atoms with van der Waals surface area (Å²) in [5.74, 6) is -0.00162. The van der Waals surface area contributed by atoms with Crippen molar-refractivity contribution in [2.45, 2.75) is 26.1 Å². The Balaban J connectivity index is 1.61. The van der Waals surface area contributed by atoms with Crippen LogP contribution in [-0.2, 0) is 9.53 Å². The van der Waals surface area contributed by atoms with Crippen molar-refractivity contribution in [2.24, 2.45) is 0 Å². The van der Waals surface area contributed by atoms with Crippen LogP contribution >= 0.6 is 0 Å². The second-order valence-electron chi connectivity index (χ2n) is 6.22. The molecule has 1 heterocycles. The second kappa shape index (κ2) is 8.83. The van der Waals surface area contributed by atoms with E-state index in [4.69, 9.17) is 19.2 Å². The Labute approximate surface area is 170 Å². The van der Waals surface area contributed by atoms with E-state index in [0.717, 1.165) is 0 Å². The molecule has 0 fully saturated rings. The zero-order valence-electron chi connectivity index (χ0n) is 16.0. The molecule has 10 heteroatoms. The summed E-state index contributed by atoms with van der Waals surface area (Å²) >= 11 is 0. The van der Waals surface area contributed by atoms with Gasteiger partial charge in [0.2, 0.25) is 5.89 Å². The first-order valence-corrected chi connectivity index (χ1v) is 8.83. The van der Waals surface area contributed by atoms with Gasteiger partial charge in [0.25, 0.3) is 11.6 Å². The first-order chi connectivity index (χ1) is 14.4. The molecule has 3 aromatic rings. The van der Waals surface area contributed by atoms with Crippen LogP contribution in [0.5, 0.6) is 5.75 Å². The molecule has 0 N–H and O–H groups in total. The lowest BCUT2D eigenvalue weighted by Crippen LogP contribution is -2.27. The van der Waals surface area contributed by atoms with Gasteiger partial charge in [-0.1, -0.05) is 0 Å². The summed E-state index contributed by atoms with van der Waals surface area (Å²) in [7, 11) is 0. The zero-order valence-corrected chi connectivity index (χ0v) is 16.0. The summed E-state index contributed by atoms with van der Waals surface area (Å²) in [4.78, 5) is 22.5. The first-order valence-electron chi connectivity index (χ1n) is 8.83. The number of rotatable bonds is 7. The number of carbonyl (C=O) groups excluding carboxylic acids is 1. The maximum atomic E-state index is 12.3. The van der Waals surface area contributed by atoms with Gasteiger partial charge >= 0.3 is 5.97 Å². The van der Waals surface area contributed by atoms with Gasteiger partial charge in [-0.2, -0.15) is 5.26 Å². The fourth-order valence-electron chi connectivity index (χ4n) is 2.42. The third-order valence-electron chi connectivity index (χ3n) is 4.03. The minimum atomic E-state index is -0.905. The van der Waals surface area contributed by atoms with Crippen molar-refractivity contribution < 1.29 is 23.6 Å². The molecular weight excluding hydrogens is 392 g/mol. The Morgan fingerprint density at radius 3 is 2.40 bits per heavy atom. The highest BCUT2D eigenvalue weighted by atomic mass is 16.6. The number of hydrogen-bond donors (Lipinski definition) is 0. The topological polar surface area (TPSA) is 141 Å². The van der Waals surface area contributed by atoms with Gasteiger partial charge in [0.15, 0.2) is 12.2 Å².